The van der Waals surface area contributed by atoms with E-state index in [0.717, 1.165) is 5.56 Å². The van der Waals surface area contributed by atoms with Gasteiger partial charge in [-0.25, -0.2) is 4.39 Å². The molecular weight excluding hydrogens is 490 g/mol. The Morgan fingerprint density at radius 1 is 0.892 bits per heavy atom. The summed E-state index contributed by atoms with van der Waals surface area (Å²) in [4.78, 5) is 40.2. The van der Waals surface area contributed by atoms with E-state index in [2.05, 4.69) is 10.6 Å². The molecule has 2 aromatic rings. The molecule has 1 saturated carbocycles. The van der Waals surface area contributed by atoms with Crippen molar-refractivity contribution in [2.45, 2.75) is 77.3 Å². The average molecular weight is 522 g/mol. The second-order valence-corrected chi connectivity index (χ2v) is 9.98. The molecule has 0 heterocycles. The van der Waals surface area contributed by atoms with Gasteiger partial charge in [0.05, 0.1) is 11.6 Å². The largest absolute Gasteiger partial charge is 0.416 e. The lowest BCUT2D eigenvalue weighted by Crippen LogP contribution is -2.49. The van der Waals surface area contributed by atoms with E-state index in [-0.39, 0.29) is 18.0 Å². The predicted octanol–water partition coefficient (Wildman–Crippen LogP) is 5.24. The van der Waals surface area contributed by atoms with Crippen LogP contribution in [0.2, 0.25) is 0 Å². The van der Waals surface area contributed by atoms with Crippen LogP contribution in [0.4, 0.5) is 17.6 Å². The van der Waals surface area contributed by atoms with Gasteiger partial charge in [0.2, 0.25) is 5.91 Å². The van der Waals surface area contributed by atoms with Gasteiger partial charge in [-0.2, -0.15) is 13.2 Å². The molecule has 0 bridgehead atoms. The first-order valence-corrected chi connectivity index (χ1v) is 12.1. The minimum Gasteiger partial charge on any atom is -0.348 e. The Kier molecular flexibility index (Phi) is 8.00. The highest BCUT2D eigenvalue weighted by Gasteiger charge is 2.51. The summed E-state index contributed by atoms with van der Waals surface area (Å²) in [7, 11) is 0. The molecule has 200 valence electrons. The van der Waals surface area contributed by atoms with Crippen molar-refractivity contribution in [3.8, 4) is 0 Å². The molecule has 6 nitrogen and oxygen atoms in total. The average Bonchev–Trinajstić information content (AvgIpc) is 3.58. The molecule has 1 fully saturated rings. The Morgan fingerprint density at radius 2 is 1.46 bits per heavy atom. The van der Waals surface area contributed by atoms with Crippen molar-refractivity contribution >= 4 is 17.7 Å². The highest BCUT2D eigenvalue weighted by molar-refractivity contribution is 6.01. The van der Waals surface area contributed by atoms with Crippen LogP contribution in [0, 0.1) is 5.82 Å². The third-order valence-corrected chi connectivity index (χ3v) is 6.38. The van der Waals surface area contributed by atoms with E-state index in [9.17, 15) is 31.9 Å². The molecule has 0 aliphatic heterocycles. The normalized spacial score (nSPS) is 15.3. The molecule has 2 aromatic carbocycles. The number of alkyl halides is 3. The first kappa shape index (κ1) is 28.1. The van der Waals surface area contributed by atoms with Gasteiger partial charge in [-0.3, -0.25) is 14.4 Å². The molecule has 3 rings (SSSR count). The Labute approximate surface area is 213 Å². The predicted molar refractivity (Wildman–Crippen MR) is 130 cm³/mol. The van der Waals surface area contributed by atoms with Crippen LogP contribution in [-0.4, -0.2) is 40.2 Å². The maximum atomic E-state index is 13.7. The van der Waals surface area contributed by atoms with Gasteiger partial charge in [0.15, 0.2) is 0 Å². The van der Waals surface area contributed by atoms with Gasteiger partial charge in [-0.1, -0.05) is 12.1 Å². The molecule has 1 aliphatic carbocycles. The molecule has 2 N–H and O–H groups in total. The van der Waals surface area contributed by atoms with Gasteiger partial charge in [-0.15, -0.1) is 0 Å². The summed E-state index contributed by atoms with van der Waals surface area (Å²) in [5.74, 6) is -2.76. The SMILES string of the molecule is CC(C)N(C(=O)c1ccc([C@@H](C)NC(=O)C2(NC(=O)c3cc(F)cc(C(F)(F)F)c3)CC2)cc1)C(C)C. The van der Waals surface area contributed by atoms with E-state index >= 15 is 0 Å². The fourth-order valence-corrected chi connectivity index (χ4v) is 4.25. The molecule has 0 saturated heterocycles. The summed E-state index contributed by atoms with van der Waals surface area (Å²) < 4.78 is 52.7. The lowest BCUT2D eigenvalue weighted by molar-refractivity contribution is -0.137. The molecule has 10 heteroatoms. The summed E-state index contributed by atoms with van der Waals surface area (Å²) in [6.07, 6.45) is -4.22. The van der Waals surface area contributed by atoms with Crippen molar-refractivity contribution in [3.05, 3.63) is 70.5 Å². The van der Waals surface area contributed by atoms with E-state index in [1.165, 1.54) is 0 Å². The minimum absolute atomic E-state index is 0.0303. The lowest BCUT2D eigenvalue weighted by atomic mass is 10.0. The minimum atomic E-state index is -4.82. The number of hydrogen-bond acceptors (Lipinski definition) is 3. The first-order chi connectivity index (χ1) is 17.1. The lowest BCUT2D eigenvalue weighted by Gasteiger charge is -2.31. The van der Waals surface area contributed by atoms with Crippen LogP contribution in [0.3, 0.4) is 0 Å². The number of nitrogens with one attached hydrogen (secondary N) is 2. The van der Waals surface area contributed by atoms with E-state index in [1.807, 2.05) is 27.7 Å². The summed E-state index contributed by atoms with van der Waals surface area (Å²) >= 11 is 0. The Bertz CT molecular complexity index is 1160. The van der Waals surface area contributed by atoms with Gasteiger partial charge in [0.25, 0.3) is 11.8 Å². The van der Waals surface area contributed by atoms with Gasteiger partial charge < -0.3 is 15.5 Å². The maximum absolute atomic E-state index is 13.7. The van der Waals surface area contributed by atoms with Crippen LogP contribution in [0.15, 0.2) is 42.5 Å². The second kappa shape index (κ2) is 10.5. The van der Waals surface area contributed by atoms with Crippen molar-refractivity contribution in [1.29, 1.82) is 0 Å². The van der Waals surface area contributed by atoms with Crippen LogP contribution in [0.25, 0.3) is 0 Å². The maximum Gasteiger partial charge on any atom is 0.416 e. The fraction of sp³-hybridized carbons (Fsp3) is 0.444. The molecular formula is C27H31F4N3O3. The Hall–Kier alpha value is -3.43. The van der Waals surface area contributed by atoms with Crippen LogP contribution in [0.5, 0.6) is 0 Å². The zero-order valence-corrected chi connectivity index (χ0v) is 21.4. The quantitative estimate of drug-likeness (QED) is 0.466. The Morgan fingerprint density at radius 3 is 1.95 bits per heavy atom. The third-order valence-electron chi connectivity index (χ3n) is 6.38. The molecule has 37 heavy (non-hydrogen) atoms. The monoisotopic (exact) mass is 521 g/mol. The number of nitrogens with zero attached hydrogens (tertiary/aromatic N) is 1. The van der Waals surface area contributed by atoms with Crippen molar-refractivity contribution in [2.24, 2.45) is 0 Å². The summed E-state index contributed by atoms with van der Waals surface area (Å²) in [6, 6.07) is 8.00. The molecule has 0 unspecified atom stereocenters. The van der Waals surface area contributed by atoms with Gasteiger partial charge in [0, 0.05) is 23.2 Å². The van der Waals surface area contributed by atoms with Crippen molar-refractivity contribution < 1.29 is 31.9 Å². The number of benzene rings is 2. The van der Waals surface area contributed by atoms with E-state index in [0.29, 0.717) is 36.6 Å². The van der Waals surface area contributed by atoms with Gasteiger partial charge in [-0.05, 0) is 83.4 Å². The number of carbonyl (C=O) groups is 3. The number of rotatable bonds is 8. The zero-order chi connectivity index (χ0) is 27.7. The first-order valence-electron chi connectivity index (χ1n) is 12.1. The van der Waals surface area contributed by atoms with Crippen molar-refractivity contribution in [1.82, 2.24) is 15.5 Å². The zero-order valence-electron chi connectivity index (χ0n) is 21.4. The second-order valence-electron chi connectivity index (χ2n) is 9.98. The fourth-order valence-electron chi connectivity index (χ4n) is 4.25. The standard InChI is InChI=1S/C27H31F4N3O3/c1-15(2)34(16(3)4)24(36)19-8-6-18(7-9-19)17(5)32-25(37)26(10-11-26)33-23(35)20-12-21(27(29,30)31)14-22(28)13-20/h6-9,12-17H,10-11H2,1-5H3,(H,32,37)(H,33,35)/t17-/m1/s1. The topological polar surface area (TPSA) is 78.5 Å². The highest BCUT2D eigenvalue weighted by atomic mass is 19.4. The number of amides is 3. The van der Waals surface area contributed by atoms with Crippen LogP contribution in [0.1, 0.15) is 85.3 Å². The molecule has 1 aliphatic rings. The van der Waals surface area contributed by atoms with Crippen molar-refractivity contribution in [2.75, 3.05) is 0 Å². The van der Waals surface area contributed by atoms with Crippen molar-refractivity contribution in [3.63, 3.8) is 0 Å². The highest BCUT2D eigenvalue weighted by Crippen LogP contribution is 2.37. The third kappa shape index (κ3) is 6.47. The molecule has 0 aromatic heterocycles. The summed E-state index contributed by atoms with van der Waals surface area (Å²) in [5, 5.41) is 5.28. The van der Waals surface area contributed by atoms with E-state index < -0.39 is 46.5 Å². The molecule has 0 spiro atoms. The number of halogens is 4. The van der Waals surface area contributed by atoms with Crippen LogP contribution >= 0.6 is 0 Å². The van der Waals surface area contributed by atoms with Crippen LogP contribution in [-0.2, 0) is 11.0 Å². The number of hydrogen-bond donors (Lipinski definition) is 2. The molecule has 3 amide bonds. The van der Waals surface area contributed by atoms with Gasteiger partial charge in [0.1, 0.15) is 11.4 Å². The van der Waals surface area contributed by atoms with E-state index in [1.54, 1.807) is 36.1 Å². The molecule has 0 radical (unpaired) electrons. The summed E-state index contributed by atoms with van der Waals surface area (Å²) in [6.45, 7) is 9.52. The Balaban J connectivity index is 1.67. The van der Waals surface area contributed by atoms with Crippen LogP contribution < -0.4 is 10.6 Å². The smallest absolute Gasteiger partial charge is 0.348 e. The summed E-state index contributed by atoms with van der Waals surface area (Å²) in [5.41, 5.74) is -1.83. The number of carbonyl (C=O) groups excluding carboxylic acids is 3. The van der Waals surface area contributed by atoms with Gasteiger partial charge >= 0.3 is 6.18 Å². The molecule has 1 atom stereocenters. The van der Waals surface area contributed by atoms with E-state index in [4.69, 9.17) is 0 Å².